The summed E-state index contributed by atoms with van der Waals surface area (Å²) in [6, 6.07) is 3.83. The summed E-state index contributed by atoms with van der Waals surface area (Å²) in [5.74, 6) is -0.513. The van der Waals surface area contributed by atoms with Crippen molar-refractivity contribution in [3.05, 3.63) is 34.1 Å². The van der Waals surface area contributed by atoms with Gasteiger partial charge in [0.2, 0.25) is 0 Å². The Morgan fingerprint density at radius 2 is 2.12 bits per heavy atom. The minimum atomic E-state index is -0.583. The van der Waals surface area contributed by atoms with Gasteiger partial charge >= 0.3 is 0 Å². The van der Waals surface area contributed by atoms with Crippen molar-refractivity contribution >= 4 is 11.4 Å². The molecule has 5 nitrogen and oxygen atoms in total. The Morgan fingerprint density at radius 3 is 2.59 bits per heavy atom. The number of non-ortho nitro benzene ring substituents is 1. The largest absolute Gasteiger partial charge is 0.368 e. The average molecular weight is 237 g/mol. The van der Waals surface area contributed by atoms with Crippen LogP contribution in [0.5, 0.6) is 0 Å². The lowest BCUT2D eigenvalue weighted by molar-refractivity contribution is -0.385. The smallest absolute Gasteiger partial charge is 0.272 e. The number of benzene rings is 1. The number of nitro benzene ring substituents is 1. The van der Waals surface area contributed by atoms with Crippen molar-refractivity contribution in [3.63, 3.8) is 0 Å². The Kier molecular flexibility index (Phi) is 2.09. The molecule has 2 fully saturated rings. The molecule has 0 bridgehead atoms. The van der Waals surface area contributed by atoms with Gasteiger partial charge in [0.1, 0.15) is 0 Å². The molecular formula is C11H12FN3O2. The third kappa shape index (κ3) is 1.56. The van der Waals surface area contributed by atoms with Crippen LogP contribution in [0.15, 0.2) is 18.2 Å². The second-order valence-electron chi connectivity index (χ2n) is 4.85. The summed E-state index contributed by atoms with van der Waals surface area (Å²) in [4.78, 5) is 11.8. The van der Waals surface area contributed by atoms with Crippen molar-refractivity contribution in [3.8, 4) is 0 Å². The summed E-state index contributed by atoms with van der Waals surface area (Å²) in [7, 11) is 0. The summed E-state index contributed by atoms with van der Waals surface area (Å²) in [6.07, 6.45) is 0. The molecule has 1 aromatic rings. The standard InChI is InChI=1S/C11H12FN3O2/c12-9-3-8(15(16)17)1-2-10(9)14-6-11(7-14)4-13-5-11/h1-3,13H,4-7H2. The van der Waals surface area contributed by atoms with Crippen molar-refractivity contribution in [1.82, 2.24) is 5.32 Å². The van der Waals surface area contributed by atoms with Crippen LogP contribution >= 0.6 is 0 Å². The van der Waals surface area contributed by atoms with E-state index in [1.165, 1.54) is 12.1 Å². The minimum absolute atomic E-state index is 0.202. The molecule has 0 aromatic heterocycles. The number of hydrogen-bond acceptors (Lipinski definition) is 4. The average Bonchev–Trinajstić information content (AvgIpc) is 2.15. The van der Waals surface area contributed by atoms with E-state index >= 15 is 0 Å². The van der Waals surface area contributed by atoms with Crippen LogP contribution in [0.2, 0.25) is 0 Å². The van der Waals surface area contributed by atoms with Gasteiger partial charge in [0.15, 0.2) is 5.82 Å². The first-order valence-corrected chi connectivity index (χ1v) is 5.49. The van der Waals surface area contributed by atoms with E-state index in [0.717, 1.165) is 32.2 Å². The number of hydrogen-bond donors (Lipinski definition) is 1. The Balaban J connectivity index is 1.78. The molecule has 6 heteroatoms. The molecule has 3 rings (SSSR count). The molecule has 0 amide bonds. The second kappa shape index (κ2) is 3.40. The summed E-state index contributed by atoms with van der Waals surface area (Å²) in [5.41, 5.74) is 0.578. The van der Waals surface area contributed by atoms with Crippen LogP contribution in [0, 0.1) is 21.3 Å². The summed E-state index contributed by atoms with van der Waals surface area (Å²) < 4.78 is 13.7. The zero-order valence-electron chi connectivity index (χ0n) is 9.15. The van der Waals surface area contributed by atoms with Gasteiger partial charge in [-0.2, -0.15) is 0 Å². The first-order valence-electron chi connectivity index (χ1n) is 5.49. The van der Waals surface area contributed by atoms with Crippen molar-refractivity contribution in [2.45, 2.75) is 0 Å². The fourth-order valence-corrected chi connectivity index (χ4v) is 2.50. The van der Waals surface area contributed by atoms with Gasteiger partial charge in [-0.1, -0.05) is 0 Å². The van der Waals surface area contributed by atoms with E-state index in [-0.39, 0.29) is 5.69 Å². The van der Waals surface area contributed by atoms with E-state index in [0.29, 0.717) is 11.1 Å². The molecule has 2 heterocycles. The molecule has 0 saturated carbocycles. The molecular weight excluding hydrogens is 225 g/mol. The van der Waals surface area contributed by atoms with Crippen molar-refractivity contribution < 1.29 is 9.31 Å². The van der Waals surface area contributed by atoms with Crippen LogP contribution in [0.25, 0.3) is 0 Å². The first-order chi connectivity index (χ1) is 8.10. The Labute approximate surface area is 97.4 Å². The maximum Gasteiger partial charge on any atom is 0.272 e. The van der Waals surface area contributed by atoms with Crippen LogP contribution in [-0.2, 0) is 0 Å². The number of anilines is 1. The van der Waals surface area contributed by atoms with Crippen molar-refractivity contribution in [1.29, 1.82) is 0 Å². The molecule has 0 aliphatic carbocycles. The predicted molar refractivity (Wildman–Crippen MR) is 60.6 cm³/mol. The highest BCUT2D eigenvalue weighted by Crippen LogP contribution is 2.38. The maximum atomic E-state index is 13.7. The molecule has 2 aliphatic heterocycles. The molecule has 1 N–H and O–H groups in total. The topological polar surface area (TPSA) is 58.4 Å². The monoisotopic (exact) mass is 237 g/mol. The van der Waals surface area contributed by atoms with Gasteiger partial charge in [-0.25, -0.2) is 4.39 Å². The lowest BCUT2D eigenvalue weighted by atomic mass is 9.74. The molecule has 1 spiro atoms. The van der Waals surface area contributed by atoms with Crippen LogP contribution in [0.1, 0.15) is 0 Å². The van der Waals surface area contributed by atoms with E-state index < -0.39 is 10.7 Å². The van der Waals surface area contributed by atoms with Gasteiger partial charge in [-0.15, -0.1) is 0 Å². The summed E-state index contributed by atoms with van der Waals surface area (Å²) >= 11 is 0. The zero-order valence-corrected chi connectivity index (χ0v) is 9.15. The predicted octanol–water partition coefficient (Wildman–Crippen LogP) is 1.14. The quantitative estimate of drug-likeness (QED) is 0.619. The van der Waals surface area contributed by atoms with Gasteiger partial charge in [-0.05, 0) is 6.07 Å². The highest BCUT2D eigenvalue weighted by Gasteiger charge is 2.48. The minimum Gasteiger partial charge on any atom is -0.368 e. The number of nitrogens with one attached hydrogen (secondary N) is 1. The van der Waals surface area contributed by atoms with E-state index in [4.69, 9.17) is 0 Å². The van der Waals surface area contributed by atoms with E-state index in [9.17, 15) is 14.5 Å². The third-order valence-corrected chi connectivity index (χ3v) is 3.54. The highest BCUT2D eigenvalue weighted by atomic mass is 19.1. The Hall–Kier alpha value is -1.69. The van der Waals surface area contributed by atoms with Crippen LogP contribution in [0.4, 0.5) is 15.8 Å². The van der Waals surface area contributed by atoms with Crippen molar-refractivity contribution in [2.75, 3.05) is 31.1 Å². The van der Waals surface area contributed by atoms with Gasteiger partial charge < -0.3 is 10.2 Å². The molecule has 2 aliphatic rings. The van der Waals surface area contributed by atoms with Gasteiger partial charge in [-0.3, -0.25) is 10.1 Å². The number of nitro groups is 1. The third-order valence-electron chi connectivity index (χ3n) is 3.54. The Bertz CT molecular complexity index is 480. The fourth-order valence-electron chi connectivity index (χ4n) is 2.50. The SMILES string of the molecule is O=[N+]([O-])c1ccc(N2CC3(CNC3)C2)c(F)c1. The normalized spacial score (nSPS) is 20.9. The fraction of sp³-hybridized carbons (Fsp3) is 0.455. The van der Waals surface area contributed by atoms with Gasteiger partial charge in [0.05, 0.1) is 16.7 Å². The molecule has 90 valence electrons. The lowest BCUT2D eigenvalue weighted by Crippen LogP contribution is -2.71. The molecule has 2 saturated heterocycles. The van der Waals surface area contributed by atoms with E-state index in [1.807, 2.05) is 4.90 Å². The van der Waals surface area contributed by atoms with Crippen LogP contribution in [-0.4, -0.2) is 31.1 Å². The second-order valence-corrected chi connectivity index (χ2v) is 4.85. The Morgan fingerprint density at radius 1 is 1.41 bits per heavy atom. The maximum absolute atomic E-state index is 13.7. The van der Waals surface area contributed by atoms with Crippen molar-refractivity contribution in [2.24, 2.45) is 5.41 Å². The van der Waals surface area contributed by atoms with Crippen LogP contribution < -0.4 is 10.2 Å². The van der Waals surface area contributed by atoms with Gasteiger partial charge in [0.25, 0.3) is 5.69 Å². The van der Waals surface area contributed by atoms with Gasteiger partial charge in [0, 0.05) is 37.7 Å². The first kappa shape index (κ1) is 10.5. The summed E-state index contributed by atoms with van der Waals surface area (Å²) in [5, 5.41) is 13.7. The van der Waals surface area contributed by atoms with Crippen LogP contribution in [0.3, 0.4) is 0 Å². The molecule has 1 aromatic carbocycles. The zero-order chi connectivity index (χ0) is 12.0. The number of rotatable bonds is 2. The molecule has 0 unspecified atom stereocenters. The summed E-state index contributed by atoms with van der Waals surface area (Å²) in [6.45, 7) is 3.62. The molecule has 0 radical (unpaired) electrons. The lowest BCUT2D eigenvalue weighted by Gasteiger charge is -2.57. The highest BCUT2D eigenvalue weighted by molar-refractivity contribution is 5.55. The van der Waals surface area contributed by atoms with E-state index in [2.05, 4.69) is 5.32 Å². The van der Waals surface area contributed by atoms with E-state index in [1.54, 1.807) is 0 Å². The molecule has 17 heavy (non-hydrogen) atoms. The molecule has 0 atom stereocenters. The number of nitrogens with zero attached hydrogens (tertiary/aromatic N) is 2. The number of halogens is 1.